The van der Waals surface area contributed by atoms with Crippen molar-refractivity contribution in [2.75, 3.05) is 0 Å². The first kappa shape index (κ1) is 9.45. The van der Waals surface area contributed by atoms with Gasteiger partial charge in [0.1, 0.15) is 11.5 Å². The van der Waals surface area contributed by atoms with Crippen molar-refractivity contribution in [1.82, 2.24) is 0 Å². The van der Waals surface area contributed by atoms with E-state index >= 15 is 0 Å². The molecular formula is C10H10O3. The van der Waals surface area contributed by atoms with Crippen molar-refractivity contribution in [3.05, 3.63) is 34.8 Å². The Morgan fingerprint density at radius 1 is 1.15 bits per heavy atom. The smallest absolute Gasteiger partial charge is 0.153 e. The van der Waals surface area contributed by atoms with Crippen LogP contribution >= 0.6 is 0 Å². The number of rotatable bonds is 2. The Bertz CT molecular complexity index is 302. The molecule has 0 radical (unpaired) electrons. The second-order valence-electron chi connectivity index (χ2n) is 2.76. The molecule has 0 saturated carbocycles. The minimum Gasteiger partial charge on any atom is -0.467 e. The average molecular weight is 178 g/mol. The van der Waals surface area contributed by atoms with Gasteiger partial charge in [0, 0.05) is 0 Å². The van der Waals surface area contributed by atoms with Crippen molar-refractivity contribution < 1.29 is 14.3 Å². The van der Waals surface area contributed by atoms with E-state index in [-0.39, 0.29) is 5.57 Å². The van der Waals surface area contributed by atoms with Gasteiger partial charge in [0.2, 0.25) is 0 Å². The molecule has 1 aliphatic heterocycles. The van der Waals surface area contributed by atoms with Crippen LogP contribution in [0.2, 0.25) is 0 Å². The molecule has 0 saturated heterocycles. The van der Waals surface area contributed by atoms with Gasteiger partial charge >= 0.3 is 0 Å². The van der Waals surface area contributed by atoms with E-state index in [1.807, 2.05) is 0 Å². The summed E-state index contributed by atoms with van der Waals surface area (Å²) in [4.78, 5) is 20.9. The predicted molar refractivity (Wildman–Crippen MR) is 47.8 cm³/mol. The highest BCUT2D eigenvalue weighted by molar-refractivity contribution is 6.01. The molecule has 0 amide bonds. The lowest BCUT2D eigenvalue weighted by molar-refractivity contribution is -0.109. The predicted octanol–water partition coefficient (Wildman–Crippen LogP) is 1.52. The molecule has 0 aromatic rings. The van der Waals surface area contributed by atoms with Crippen molar-refractivity contribution >= 4 is 12.6 Å². The second-order valence-corrected chi connectivity index (χ2v) is 2.76. The normalized spacial score (nSPS) is 15.4. The molecule has 0 spiro atoms. The summed E-state index contributed by atoms with van der Waals surface area (Å²) in [7, 11) is 0. The summed E-state index contributed by atoms with van der Waals surface area (Å²) in [6.45, 7) is 3.54. The molecule has 0 atom stereocenters. The molecule has 68 valence electrons. The number of carbonyl (C=O) groups excluding carboxylic acids is 2. The molecule has 3 heteroatoms. The van der Waals surface area contributed by atoms with Gasteiger partial charge in [-0.3, -0.25) is 9.59 Å². The maximum absolute atomic E-state index is 10.5. The van der Waals surface area contributed by atoms with Crippen molar-refractivity contribution in [1.29, 1.82) is 0 Å². The van der Waals surface area contributed by atoms with Gasteiger partial charge in [0.15, 0.2) is 12.6 Å². The van der Waals surface area contributed by atoms with Crippen molar-refractivity contribution in [2.45, 2.75) is 13.8 Å². The van der Waals surface area contributed by atoms with Gasteiger partial charge in [-0.2, -0.15) is 0 Å². The molecule has 0 fully saturated rings. The number of aldehydes is 2. The molecule has 0 aromatic carbocycles. The SMILES string of the molecule is CC1=CC(=C(C=O)C=O)C=C(C)O1. The van der Waals surface area contributed by atoms with Gasteiger partial charge in [-0.1, -0.05) is 0 Å². The first-order valence-corrected chi connectivity index (χ1v) is 3.86. The van der Waals surface area contributed by atoms with Gasteiger partial charge in [-0.15, -0.1) is 0 Å². The summed E-state index contributed by atoms with van der Waals surface area (Å²) < 4.78 is 5.21. The van der Waals surface area contributed by atoms with E-state index in [4.69, 9.17) is 4.74 Å². The number of hydrogen-bond acceptors (Lipinski definition) is 3. The molecule has 0 aliphatic carbocycles. The Balaban J connectivity index is 3.16. The highest BCUT2D eigenvalue weighted by Gasteiger charge is 2.07. The van der Waals surface area contributed by atoms with Gasteiger partial charge in [-0.25, -0.2) is 0 Å². The molecule has 0 bridgehead atoms. The lowest BCUT2D eigenvalue weighted by Gasteiger charge is -2.12. The van der Waals surface area contributed by atoms with Gasteiger partial charge in [0.05, 0.1) is 5.57 Å². The van der Waals surface area contributed by atoms with Crippen LogP contribution in [0.3, 0.4) is 0 Å². The standard InChI is InChI=1S/C10H10O3/c1-7-3-9(4-8(2)13-7)10(5-11)6-12/h3-6H,1-2H3. The summed E-state index contributed by atoms with van der Waals surface area (Å²) in [5, 5.41) is 0. The van der Waals surface area contributed by atoms with Crippen LogP contribution in [0.5, 0.6) is 0 Å². The fourth-order valence-corrected chi connectivity index (χ4v) is 1.12. The van der Waals surface area contributed by atoms with Crippen LogP contribution in [0.1, 0.15) is 13.8 Å². The van der Waals surface area contributed by atoms with Crippen LogP contribution in [0, 0.1) is 0 Å². The largest absolute Gasteiger partial charge is 0.467 e. The molecule has 1 rings (SSSR count). The molecule has 1 aliphatic rings. The fraction of sp³-hybridized carbons (Fsp3) is 0.200. The minimum atomic E-state index is 0.141. The number of ether oxygens (including phenoxy) is 1. The van der Waals surface area contributed by atoms with Gasteiger partial charge < -0.3 is 4.74 Å². The third kappa shape index (κ3) is 2.15. The minimum absolute atomic E-state index is 0.141. The lowest BCUT2D eigenvalue weighted by atomic mass is 10.1. The van der Waals surface area contributed by atoms with Crippen LogP contribution in [0.15, 0.2) is 34.8 Å². The maximum Gasteiger partial charge on any atom is 0.153 e. The van der Waals surface area contributed by atoms with E-state index in [0.717, 1.165) is 0 Å². The summed E-state index contributed by atoms with van der Waals surface area (Å²) in [6, 6.07) is 0. The van der Waals surface area contributed by atoms with E-state index in [1.165, 1.54) is 0 Å². The maximum atomic E-state index is 10.5. The van der Waals surface area contributed by atoms with Crippen LogP contribution in [-0.2, 0) is 14.3 Å². The first-order valence-electron chi connectivity index (χ1n) is 3.86. The Morgan fingerprint density at radius 3 is 2.00 bits per heavy atom. The van der Waals surface area contributed by atoms with Crippen LogP contribution in [0.25, 0.3) is 0 Å². The van der Waals surface area contributed by atoms with E-state index in [9.17, 15) is 9.59 Å². The molecule has 0 unspecified atom stereocenters. The van der Waals surface area contributed by atoms with Crippen molar-refractivity contribution in [3.63, 3.8) is 0 Å². The summed E-state index contributed by atoms with van der Waals surface area (Å²) >= 11 is 0. The van der Waals surface area contributed by atoms with E-state index < -0.39 is 0 Å². The van der Waals surface area contributed by atoms with Gasteiger partial charge in [0.25, 0.3) is 0 Å². The molecule has 3 nitrogen and oxygen atoms in total. The monoisotopic (exact) mass is 178 g/mol. The molecule has 1 heterocycles. The number of allylic oxidation sites excluding steroid dienone is 6. The lowest BCUT2D eigenvalue weighted by Crippen LogP contribution is -1.99. The van der Waals surface area contributed by atoms with E-state index in [2.05, 4.69) is 0 Å². The van der Waals surface area contributed by atoms with Crippen molar-refractivity contribution in [3.8, 4) is 0 Å². The van der Waals surface area contributed by atoms with Crippen LogP contribution < -0.4 is 0 Å². The first-order chi connectivity index (χ1) is 6.17. The Labute approximate surface area is 76.4 Å². The van der Waals surface area contributed by atoms with Crippen LogP contribution in [-0.4, -0.2) is 12.6 Å². The zero-order valence-electron chi connectivity index (χ0n) is 7.53. The topological polar surface area (TPSA) is 43.4 Å². The summed E-state index contributed by atoms with van der Waals surface area (Å²) in [5.41, 5.74) is 0.744. The molecule has 0 aromatic heterocycles. The molecular weight excluding hydrogens is 168 g/mol. The summed E-state index contributed by atoms with van der Waals surface area (Å²) in [6.07, 6.45) is 4.40. The third-order valence-electron chi connectivity index (χ3n) is 1.63. The highest BCUT2D eigenvalue weighted by atomic mass is 16.5. The van der Waals surface area contributed by atoms with E-state index in [0.29, 0.717) is 29.7 Å². The number of carbonyl (C=O) groups is 2. The average Bonchev–Trinajstić information content (AvgIpc) is 2.04. The highest BCUT2D eigenvalue weighted by Crippen LogP contribution is 2.19. The number of hydrogen-bond donors (Lipinski definition) is 0. The zero-order valence-corrected chi connectivity index (χ0v) is 7.53. The molecule has 0 N–H and O–H groups in total. The Hall–Kier alpha value is -1.64. The second kappa shape index (κ2) is 3.85. The van der Waals surface area contributed by atoms with Crippen LogP contribution in [0.4, 0.5) is 0 Å². The third-order valence-corrected chi connectivity index (χ3v) is 1.63. The van der Waals surface area contributed by atoms with Gasteiger partial charge in [-0.05, 0) is 31.6 Å². The molecule has 13 heavy (non-hydrogen) atoms. The Morgan fingerprint density at radius 2 is 1.62 bits per heavy atom. The fourth-order valence-electron chi connectivity index (χ4n) is 1.12. The quantitative estimate of drug-likeness (QED) is 0.278. The van der Waals surface area contributed by atoms with Crippen molar-refractivity contribution in [2.24, 2.45) is 0 Å². The Kier molecular flexibility index (Phi) is 2.80. The zero-order chi connectivity index (χ0) is 9.84. The summed E-state index contributed by atoms with van der Waals surface area (Å²) in [5.74, 6) is 1.35. The van der Waals surface area contributed by atoms with E-state index in [1.54, 1.807) is 26.0 Å².